The van der Waals surface area contributed by atoms with Gasteiger partial charge in [0.1, 0.15) is 11.6 Å². The zero-order valence-corrected chi connectivity index (χ0v) is 13.2. The minimum Gasteiger partial charge on any atom is -0.380 e. The Labute approximate surface area is 121 Å². The summed E-state index contributed by atoms with van der Waals surface area (Å²) in [6, 6.07) is 2.61. The Hall–Kier alpha value is -0.640. The minimum atomic E-state index is -0.437. The molecule has 0 aromatic heterocycles. The maximum Gasteiger partial charge on any atom is 0.147 e. The van der Waals surface area contributed by atoms with Crippen LogP contribution in [-0.2, 0) is 0 Å². The molecule has 4 heteroatoms. The molecule has 0 heterocycles. The largest absolute Gasteiger partial charge is 0.380 e. The zero-order chi connectivity index (χ0) is 14.2. The fourth-order valence-electron chi connectivity index (χ4n) is 2.99. The van der Waals surface area contributed by atoms with Gasteiger partial charge in [-0.15, -0.1) is 0 Å². The van der Waals surface area contributed by atoms with E-state index >= 15 is 0 Å². The molecule has 1 nitrogen and oxygen atoms in total. The van der Waals surface area contributed by atoms with Crippen LogP contribution in [0.4, 0.5) is 14.5 Å². The first-order valence-electron chi connectivity index (χ1n) is 6.69. The van der Waals surface area contributed by atoms with Crippen molar-refractivity contribution in [2.45, 2.75) is 46.1 Å². The van der Waals surface area contributed by atoms with Gasteiger partial charge in [-0.3, -0.25) is 0 Å². The quantitative estimate of drug-likeness (QED) is 0.720. The van der Waals surface area contributed by atoms with E-state index in [-0.39, 0.29) is 16.2 Å². The highest BCUT2D eigenvalue weighted by molar-refractivity contribution is 9.10. The van der Waals surface area contributed by atoms with Gasteiger partial charge in [-0.05, 0) is 52.6 Å². The van der Waals surface area contributed by atoms with Gasteiger partial charge in [0, 0.05) is 12.1 Å². The monoisotopic (exact) mass is 331 g/mol. The van der Waals surface area contributed by atoms with E-state index in [1.54, 1.807) is 0 Å². The number of hydrogen-bond donors (Lipinski definition) is 1. The molecular formula is C15H20BrF2N. The summed E-state index contributed by atoms with van der Waals surface area (Å²) in [7, 11) is 0. The molecule has 19 heavy (non-hydrogen) atoms. The summed E-state index contributed by atoms with van der Waals surface area (Å²) >= 11 is 2.99. The average molecular weight is 332 g/mol. The Kier molecular flexibility index (Phi) is 4.19. The Bertz CT molecular complexity index is 473. The highest BCUT2D eigenvalue weighted by Gasteiger charge is 2.32. The van der Waals surface area contributed by atoms with Gasteiger partial charge in [0.05, 0.1) is 10.2 Å². The smallest absolute Gasteiger partial charge is 0.147 e. The van der Waals surface area contributed by atoms with Crippen LogP contribution < -0.4 is 5.32 Å². The van der Waals surface area contributed by atoms with Crippen molar-refractivity contribution in [2.75, 3.05) is 5.32 Å². The number of rotatable bonds is 2. The molecule has 1 aromatic carbocycles. The molecule has 2 unspecified atom stereocenters. The van der Waals surface area contributed by atoms with Crippen molar-refractivity contribution >= 4 is 21.6 Å². The molecule has 1 N–H and O–H groups in total. The van der Waals surface area contributed by atoms with E-state index in [1.165, 1.54) is 12.1 Å². The van der Waals surface area contributed by atoms with E-state index in [0.717, 1.165) is 19.3 Å². The maximum atomic E-state index is 13.8. The second-order valence-corrected chi connectivity index (χ2v) is 7.24. The lowest BCUT2D eigenvalue weighted by Crippen LogP contribution is -2.37. The van der Waals surface area contributed by atoms with Gasteiger partial charge in [0.15, 0.2) is 0 Å². The molecular weight excluding hydrogens is 312 g/mol. The first kappa shape index (κ1) is 14.8. The highest BCUT2D eigenvalue weighted by atomic mass is 79.9. The van der Waals surface area contributed by atoms with Crippen molar-refractivity contribution in [1.82, 2.24) is 0 Å². The fourth-order valence-corrected chi connectivity index (χ4v) is 3.31. The Morgan fingerprint density at radius 3 is 2.58 bits per heavy atom. The van der Waals surface area contributed by atoms with E-state index in [2.05, 4.69) is 42.0 Å². The SMILES string of the molecule is CC1CC(C)(C)CCC1Nc1cc(F)c(Br)cc1F. The van der Waals surface area contributed by atoms with E-state index in [9.17, 15) is 8.78 Å². The third kappa shape index (κ3) is 3.47. The molecule has 1 fully saturated rings. The van der Waals surface area contributed by atoms with E-state index in [0.29, 0.717) is 11.3 Å². The van der Waals surface area contributed by atoms with Crippen molar-refractivity contribution in [2.24, 2.45) is 11.3 Å². The number of nitrogens with one attached hydrogen (secondary N) is 1. The lowest BCUT2D eigenvalue weighted by Gasteiger charge is -2.40. The van der Waals surface area contributed by atoms with Gasteiger partial charge in [-0.2, -0.15) is 0 Å². The van der Waals surface area contributed by atoms with Crippen molar-refractivity contribution in [1.29, 1.82) is 0 Å². The molecule has 2 rings (SSSR count). The first-order chi connectivity index (χ1) is 8.78. The van der Waals surface area contributed by atoms with Gasteiger partial charge in [0.25, 0.3) is 0 Å². The molecule has 1 saturated carbocycles. The van der Waals surface area contributed by atoms with Gasteiger partial charge in [-0.25, -0.2) is 8.78 Å². The number of anilines is 1. The van der Waals surface area contributed by atoms with Crippen LogP contribution in [0.15, 0.2) is 16.6 Å². The first-order valence-corrected chi connectivity index (χ1v) is 7.49. The highest BCUT2D eigenvalue weighted by Crippen LogP contribution is 2.39. The molecule has 1 aliphatic carbocycles. The summed E-state index contributed by atoms with van der Waals surface area (Å²) in [4.78, 5) is 0. The van der Waals surface area contributed by atoms with Gasteiger partial charge in [-0.1, -0.05) is 20.8 Å². The summed E-state index contributed by atoms with van der Waals surface area (Å²) in [6.45, 7) is 6.70. The van der Waals surface area contributed by atoms with Gasteiger partial charge >= 0.3 is 0 Å². The third-order valence-corrected chi connectivity index (χ3v) is 4.65. The zero-order valence-electron chi connectivity index (χ0n) is 11.6. The fraction of sp³-hybridized carbons (Fsp3) is 0.600. The van der Waals surface area contributed by atoms with Crippen LogP contribution in [0.25, 0.3) is 0 Å². The second kappa shape index (κ2) is 5.39. The molecule has 106 valence electrons. The molecule has 0 bridgehead atoms. The number of hydrogen-bond acceptors (Lipinski definition) is 1. The Balaban J connectivity index is 2.12. The molecule has 0 saturated heterocycles. The minimum absolute atomic E-state index is 0.161. The van der Waals surface area contributed by atoms with Crippen molar-refractivity contribution < 1.29 is 8.78 Å². The standard InChI is InChI=1S/C15H20BrF2N/c1-9-8-15(2,3)5-4-13(9)19-14-7-11(17)10(16)6-12(14)18/h6-7,9,13,19H,4-5,8H2,1-3H3. The molecule has 1 aromatic rings. The van der Waals surface area contributed by atoms with Crippen LogP contribution in [0, 0.1) is 23.0 Å². The van der Waals surface area contributed by atoms with Crippen LogP contribution in [0.3, 0.4) is 0 Å². The topological polar surface area (TPSA) is 12.0 Å². The lowest BCUT2D eigenvalue weighted by atomic mass is 9.70. The average Bonchev–Trinajstić information content (AvgIpc) is 2.28. The Morgan fingerprint density at radius 1 is 1.26 bits per heavy atom. The summed E-state index contributed by atoms with van der Waals surface area (Å²) < 4.78 is 27.4. The van der Waals surface area contributed by atoms with E-state index in [1.807, 2.05) is 0 Å². The summed E-state index contributed by atoms with van der Waals surface area (Å²) in [5.41, 5.74) is 0.610. The molecule has 0 spiro atoms. The number of benzene rings is 1. The molecule has 1 aliphatic rings. The molecule has 0 radical (unpaired) electrons. The summed E-state index contributed by atoms with van der Waals surface area (Å²) in [5.74, 6) is -0.396. The van der Waals surface area contributed by atoms with Crippen molar-refractivity contribution in [3.8, 4) is 0 Å². The van der Waals surface area contributed by atoms with Crippen LogP contribution in [0.1, 0.15) is 40.0 Å². The van der Waals surface area contributed by atoms with Crippen molar-refractivity contribution in [3.05, 3.63) is 28.2 Å². The summed E-state index contributed by atoms with van der Waals surface area (Å²) in [6.07, 6.45) is 3.20. The van der Waals surface area contributed by atoms with Crippen LogP contribution in [0.5, 0.6) is 0 Å². The van der Waals surface area contributed by atoms with Gasteiger partial charge in [0.2, 0.25) is 0 Å². The van der Waals surface area contributed by atoms with Crippen LogP contribution in [0.2, 0.25) is 0 Å². The maximum absolute atomic E-state index is 13.8. The summed E-state index contributed by atoms with van der Waals surface area (Å²) in [5, 5.41) is 3.17. The predicted octanol–water partition coefficient (Wildman–Crippen LogP) is 5.35. The molecule has 2 atom stereocenters. The van der Waals surface area contributed by atoms with Crippen LogP contribution >= 0.6 is 15.9 Å². The third-order valence-electron chi connectivity index (χ3n) is 4.04. The molecule has 0 aliphatic heterocycles. The number of halogens is 3. The second-order valence-electron chi connectivity index (χ2n) is 6.38. The predicted molar refractivity (Wildman–Crippen MR) is 78.3 cm³/mol. The normalized spacial score (nSPS) is 26.2. The Morgan fingerprint density at radius 2 is 1.95 bits per heavy atom. The molecule has 0 amide bonds. The van der Waals surface area contributed by atoms with Gasteiger partial charge < -0.3 is 5.32 Å². The van der Waals surface area contributed by atoms with E-state index in [4.69, 9.17) is 0 Å². The van der Waals surface area contributed by atoms with Crippen molar-refractivity contribution in [3.63, 3.8) is 0 Å². The lowest BCUT2D eigenvalue weighted by molar-refractivity contribution is 0.177. The van der Waals surface area contributed by atoms with E-state index < -0.39 is 11.6 Å². The van der Waals surface area contributed by atoms with Crippen LogP contribution in [-0.4, -0.2) is 6.04 Å².